The van der Waals surface area contributed by atoms with Gasteiger partial charge in [-0.2, -0.15) is 0 Å². The van der Waals surface area contributed by atoms with Crippen LogP contribution in [0.1, 0.15) is 32.3 Å². The van der Waals surface area contributed by atoms with E-state index in [9.17, 15) is 0 Å². The monoisotopic (exact) mass is 272 g/mol. The molecule has 108 valence electrons. The lowest BCUT2D eigenvalue weighted by molar-refractivity contribution is 0.0733. The third-order valence-electron chi connectivity index (χ3n) is 3.85. The van der Waals surface area contributed by atoms with Gasteiger partial charge >= 0.3 is 0 Å². The van der Waals surface area contributed by atoms with Gasteiger partial charge in [0.1, 0.15) is 0 Å². The molecule has 2 aromatic rings. The zero-order valence-electron chi connectivity index (χ0n) is 12.4. The highest BCUT2D eigenvalue weighted by molar-refractivity contribution is 5.83. The minimum Gasteiger partial charge on any atom is -0.377 e. The summed E-state index contributed by atoms with van der Waals surface area (Å²) in [5, 5.41) is 4.96. The van der Waals surface area contributed by atoms with Crippen molar-refractivity contribution in [3.05, 3.63) is 36.0 Å². The van der Waals surface area contributed by atoms with Gasteiger partial charge in [-0.15, -0.1) is 0 Å². The normalized spacial score (nSPS) is 15.3. The van der Waals surface area contributed by atoms with Crippen LogP contribution in [0.4, 0.5) is 0 Å². The molecular formula is C17H24N2O. The van der Waals surface area contributed by atoms with E-state index in [-0.39, 0.29) is 0 Å². The Hall–Kier alpha value is -1.32. The Morgan fingerprint density at radius 2 is 2.15 bits per heavy atom. The fraction of sp³-hybridized carbons (Fsp3) is 0.529. The summed E-state index contributed by atoms with van der Waals surface area (Å²) in [4.78, 5) is 0. The van der Waals surface area contributed by atoms with Gasteiger partial charge in [-0.1, -0.05) is 12.1 Å². The summed E-state index contributed by atoms with van der Waals surface area (Å²) in [6.45, 7) is 6.83. The molecule has 3 nitrogen and oxygen atoms in total. The van der Waals surface area contributed by atoms with Crippen LogP contribution in [0.3, 0.4) is 0 Å². The predicted octanol–water partition coefficient (Wildman–Crippen LogP) is 3.32. The maximum Gasteiger partial charge on any atom is 0.0649 e. The Morgan fingerprint density at radius 3 is 2.90 bits per heavy atom. The summed E-state index contributed by atoms with van der Waals surface area (Å²) in [5.74, 6) is 0. The Bertz CT molecular complexity index is 569. The average Bonchev–Trinajstić information content (AvgIpc) is 3.17. The maximum atomic E-state index is 5.65. The SMILES string of the molecule is CC(C)OCCn1ccc2c(CNC3CC3)cccc21. The standard InChI is InChI=1S/C17H24N2O/c1-13(2)20-11-10-19-9-8-16-14(4-3-5-17(16)19)12-18-15-6-7-15/h3-5,8-9,13,15,18H,6-7,10-12H2,1-2H3. The second-order valence-corrected chi connectivity index (χ2v) is 5.93. The molecular weight excluding hydrogens is 248 g/mol. The molecule has 0 bridgehead atoms. The van der Waals surface area contributed by atoms with E-state index in [1.54, 1.807) is 0 Å². The average molecular weight is 272 g/mol. The van der Waals surface area contributed by atoms with Gasteiger partial charge in [0.05, 0.1) is 12.7 Å². The highest BCUT2D eigenvalue weighted by Crippen LogP contribution is 2.23. The zero-order chi connectivity index (χ0) is 13.9. The minimum absolute atomic E-state index is 0.301. The van der Waals surface area contributed by atoms with Gasteiger partial charge in [0.25, 0.3) is 0 Å². The molecule has 0 amide bonds. The quantitative estimate of drug-likeness (QED) is 0.837. The molecule has 0 spiro atoms. The van der Waals surface area contributed by atoms with Gasteiger partial charge < -0.3 is 14.6 Å². The van der Waals surface area contributed by atoms with Crippen LogP contribution in [0.25, 0.3) is 10.9 Å². The van der Waals surface area contributed by atoms with Crippen LogP contribution in [0.5, 0.6) is 0 Å². The molecule has 3 rings (SSSR count). The molecule has 1 aromatic heterocycles. The van der Waals surface area contributed by atoms with Crippen molar-refractivity contribution in [3.8, 4) is 0 Å². The third-order valence-corrected chi connectivity index (χ3v) is 3.85. The predicted molar refractivity (Wildman–Crippen MR) is 82.9 cm³/mol. The number of fused-ring (bicyclic) bond motifs is 1. The summed E-state index contributed by atoms with van der Waals surface area (Å²) in [5.41, 5.74) is 2.71. The van der Waals surface area contributed by atoms with Crippen molar-refractivity contribution in [1.82, 2.24) is 9.88 Å². The molecule has 1 N–H and O–H groups in total. The summed E-state index contributed by atoms with van der Waals surface area (Å²) >= 11 is 0. The number of hydrogen-bond donors (Lipinski definition) is 1. The fourth-order valence-electron chi connectivity index (χ4n) is 2.56. The number of hydrogen-bond acceptors (Lipinski definition) is 2. The van der Waals surface area contributed by atoms with Gasteiger partial charge in [-0.05, 0) is 44.4 Å². The van der Waals surface area contributed by atoms with Crippen LogP contribution in [-0.4, -0.2) is 23.3 Å². The molecule has 3 heteroatoms. The second kappa shape index (κ2) is 5.98. The Balaban J connectivity index is 1.72. The Labute approximate surface area is 120 Å². The highest BCUT2D eigenvalue weighted by atomic mass is 16.5. The number of benzene rings is 1. The molecule has 0 radical (unpaired) electrons. The van der Waals surface area contributed by atoms with Crippen molar-refractivity contribution < 1.29 is 4.74 Å². The maximum absolute atomic E-state index is 5.65. The Morgan fingerprint density at radius 1 is 1.30 bits per heavy atom. The first-order valence-corrected chi connectivity index (χ1v) is 7.66. The van der Waals surface area contributed by atoms with E-state index in [4.69, 9.17) is 4.74 Å². The first kappa shape index (κ1) is 13.7. The van der Waals surface area contributed by atoms with Crippen molar-refractivity contribution in [2.45, 2.75) is 51.9 Å². The molecule has 0 saturated heterocycles. The smallest absolute Gasteiger partial charge is 0.0649 e. The van der Waals surface area contributed by atoms with Crippen molar-refractivity contribution in [2.24, 2.45) is 0 Å². The van der Waals surface area contributed by atoms with Crippen LogP contribution in [0.15, 0.2) is 30.5 Å². The Kier molecular flexibility index (Phi) is 4.08. The van der Waals surface area contributed by atoms with Crippen molar-refractivity contribution in [3.63, 3.8) is 0 Å². The van der Waals surface area contributed by atoms with Crippen LogP contribution in [-0.2, 0) is 17.8 Å². The number of nitrogens with one attached hydrogen (secondary N) is 1. The van der Waals surface area contributed by atoms with E-state index in [0.717, 1.165) is 25.7 Å². The van der Waals surface area contributed by atoms with Crippen LogP contribution in [0, 0.1) is 0 Å². The number of rotatable bonds is 7. The summed E-state index contributed by atoms with van der Waals surface area (Å²) in [6, 6.07) is 9.57. The molecule has 1 aliphatic carbocycles. The lowest BCUT2D eigenvalue weighted by atomic mass is 10.1. The van der Waals surface area contributed by atoms with E-state index in [0.29, 0.717) is 6.10 Å². The highest BCUT2D eigenvalue weighted by Gasteiger charge is 2.20. The molecule has 1 fully saturated rings. The van der Waals surface area contributed by atoms with Gasteiger partial charge in [-0.3, -0.25) is 0 Å². The summed E-state index contributed by atoms with van der Waals surface area (Å²) < 4.78 is 7.94. The second-order valence-electron chi connectivity index (χ2n) is 5.93. The van der Waals surface area contributed by atoms with Gasteiger partial charge in [0, 0.05) is 36.2 Å². The van der Waals surface area contributed by atoms with Gasteiger partial charge in [0.2, 0.25) is 0 Å². The molecule has 1 saturated carbocycles. The topological polar surface area (TPSA) is 26.2 Å². The molecule has 0 atom stereocenters. The van der Waals surface area contributed by atoms with Crippen molar-refractivity contribution >= 4 is 10.9 Å². The summed E-state index contributed by atoms with van der Waals surface area (Å²) in [6.07, 6.45) is 5.15. The molecule has 0 unspecified atom stereocenters. The first-order chi connectivity index (χ1) is 9.74. The zero-order valence-corrected chi connectivity index (χ0v) is 12.4. The van der Waals surface area contributed by atoms with Crippen LogP contribution < -0.4 is 5.32 Å². The van der Waals surface area contributed by atoms with Gasteiger partial charge in [0.15, 0.2) is 0 Å². The summed E-state index contributed by atoms with van der Waals surface area (Å²) in [7, 11) is 0. The fourth-order valence-corrected chi connectivity index (χ4v) is 2.56. The van der Waals surface area contributed by atoms with Gasteiger partial charge in [-0.25, -0.2) is 0 Å². The van der Waals surface area contributed by atoms with E-state index >= 15 is 0 Å². The van der Waals surface area contributed by atoms with E-state index in [1.807, 2.05) is 0 Å². The van der Waals surface area contributed by atoms with E-state index in [2.05, 4.69) is 54.2 Å². The van der Waals surface area contributed by atoms with Crippen molar-refractivity contribution in [2.75, 3.05) is 6.61 Å². The lowest BCUT2D eigenvalue weighted by Gasteiger charge is -2.10. The first-order valence-electron chi connectivity index (χ1n) is 7.66. The molecule has 1 heterocycles. The number of nitrogens with zero attached hydrogens (tertiary/aromatic N) is 1. The van der Waals surface area contributed by atoms with E-state index in [1.165, 1.54) is 29.3 Å². The third kappa shape index (κ3) is 3.22. The molecule has 1 aromatic carbocycles. The molecule has 0 aliphatic heterocycles. The number of ether oxygens (including phenoxy) is 1. The van der Waals surface area contributed by atoms with E-state index < -0.39 is 0 Å². The lowest BCUT2D eigenvalue weighted by Crippen LogP contribution is -2.15. The largest absolute Gasteiger partial charge is 0.377 e. The molecule has 20 heavy (non-hydrogen) atoms. The minimum atomic E-state index is 0.301. The van der Waals surface area contributed by atoms with Crippen LogP contribution >= 0.6 is 0 Å². The van der Waals surface area contributed by atoms with Crippen LogP contribution in [0.2, 0.25) is 0 Å². The molecule has 1 aliphatic rings. The number of aromatic nitrogens is 1. The van der Waals surface area contributed by atoms with Crippen molar-refractivity contribution in [1.29, 1.82) is 0 Å².